The molecule has 1 fully saturated rings. The number of rotatable bonds is 6. The Balaban J connectivity index is 1.47. The molecule has 0 aromatic heterocycles. The summed E-state index contributed by atoms with van der Waals surface area (Å²) >= 11 is 0. The largest absolute Gasteiger partial charge is 0.511 e. The maximum Gasteiger partial charge on any atom is 0.253 e. The molecule has 4 atom stereocenters. The van der Waals surface area contributed by atoms with Crippen molar-refractivity contribution in [3.05, 3.63) is 69.7 Å². The third-order valence-electron chi connectivity index (χ3n) is 9.79. The van der Waals surface area contributed by atoms with Gasteiger partial charge < -0.3 is 40.7 Å². The van der Waals surface area contributed by atoms with Gasteiger partial charge in [0, 0.05) is 30.8 Å². The molecule has 45 heavy (non-hydrogen) atoms. The molecular formula is C33H39N3O9. The maximum atomic E-state index is 14.2. The minimum absolute atomic E-state index is 0.0133. The molecule has 6 rings (SSSR count). The lowest BCUT2D eigenvalue weighted by Gasteiger charge is -2.51. The molecule has 1 saturated heterocycles. The lowest BCUT2D eigenvalue weighted by atomic mass is 9.59. The molecule has 0 saturated carbocycles. The second-order valence-electron chi connectivity index (χ2n) is 12.6. The number of carbonyl (C=O) groups is 2. The Morgan fingerprint density at radius 3 is 2.44 bits per heavy atom. The average Bonchev–Trinajstić information content (AvgIpc) is 2.96. The Morgan fingerprint density at radius 1 is 1.09 bits per heavy atom. The molecule has 12 nitrogen and oxygen atoms in total. The standard InChI is InChI=1S/C33H39N3O9/c1-35(2)28-21-14-17-13-20-18(19-12-16(4-7-23(19)44-3)15-36-8-10-45-11-9-36)5-6-22(37)25(20)29(38)24(17)30(39)26(21)33(42,43)27(31(28)40)32(34)41/h4-7,12,17,21,26,28,37,39-40,42-43H,8-11,13-15H2,1-3H3,(H2,34,41)/t17?,21?,26?,28-/m0/s1. The van der Waals surface area contributed by atoms with Crippen LogP contribution in [0.1, 0.15) is 27.9 Å². The van der Waals surface area contributed by atoms with Gasteiger partial charge in [-0.1, -0.05) is 12.1 Å². The molecule has 3 aliphatic carbocycles. The molecule has 7 N–H and O–H groups in total. The zero-order valence-electron chi connectivity index (χ0n) is 25.5. The lowest BCUT2D eigenvalue weighted by molar-refractivity contribution is -0.200. The van der Waals surface area contributed by atoms with Crippen LogP contribution in [0.3, 0.4) is 0 Å². The summed E-state index contributed by atoms with van der Waals surface area (Å²) in [7, 11) is 4.88. The Kier molecular flexibility index (Phi) is 7.90. The van der Waals surface area contributed by atoms with Crippen LogP contribution in [0.5, 0.6) is 11.5 Å². The predicted octanol–water partition coefficient (Wildman–Crippen LogP) is 1.63. The van der Waals surface area contributed by atoms with Gasteiger partial charge in [0.25, 0.3) is 5.91 Å². The van der Waals surface area contributed by atoms with Crippen molar-refractivity contribution in [3.8, 4) is 22.6 Å². The Bertz CT molecular complexity index is 1620. The van der Waals surface area contributed by atoms with E-state index in [1.807, 2.05) is 18.2 Å². The van der Waals surface area contributed by atoms with Crippen LogP contribution in [-0.4, -0.2) is 106 Å². The summed E-state index contributed by atoms with van der Waals surface area (Å²) in [6, 6.07) is 8.19. The number of aliphatic hydroxyl groups excluding tert-OH is 2. The molecule has 2 aromatic rings. The van der Waals surface area contributed by atoms with E-state index in [4.69, 9.17) is 15.2 Å². The Morgan fingerprint density at radius 2 is 1.80 bits per heavy atom. The van der Waals surface area contributed by atoms with Crippen LogP contribution in [0, 0.1) is 17.8 Å². The van der Waals surface area contributed by atoms with Gasteiger partial charge in [0.15, 0.2) is 5.78 Å². The highest BCUT2D eigenvalue weighted by molar-refractivity contribution is 6.14. The SMILES string of the molecule is COc1ccc(CN2CCOCC2)cc1-c1ccc(O)c2c1CC1CC3C(C(O)=C1C2=O)C(O)(O)C(C(N)=O)=C(O)[C@H]3N(C)C. The van der Waals surface area contributed by atoms with E-state index in [-0.39, 0.29) is 29.7 Å². The van der Waals surface area contributed by atoms with Gasteiger partial charge in [0.1, 0.15) is 28.6 Å². The van der Waals surface area contributed by atoms with Crippen molar-refractivity contribution in [1.82, 2.24) is 9.80 Å². The number of ether oxygens (including phenoxy) is 2. The summed E-state index contributed by atoms with van der Waals surface area (Å²) in [6.45, 7) is 3.67. The molecule has 1 amide bonds. The molecule has 3 unspecified atom stereocenters. The van der Waals surface area contributed by atoms with Crippen molar-refractivity contribution in [2.75, 3.05) is 47.5 Å². The topological polar surface area (TPSA) is 186 Å². The quantitative estimate of drug-likeness (QED) is 0.258. The normalized spacial score (nSPS) is 26.4. The van der Waals surface area contributed by atoms with Crippen molar-refractivity contribution >= 4 is 11.7 Å². The smallest absolute Gasteiger partial charge is 0.253 e. The number of likely N-dealkylation sites (N-methyl/N-ethyl adjacent to an activating group) is 1. The first-order chi connectivity index (χ1) is 21.4. The molecule has 1 heterocycles. The van der Waals surface area contributed by atoms with E-state index in [0.717, 1.165) is 24.2 Å². The summed E-state index contributed by atoms with van der Waals surface area (Å²) in [5, 5.41) is 56.1. The predicted molar refractivity (Wildman–Crippen MR) is 162 cm³/mol. The molecule has 4 aliphatic rings. The number of methoxy groups -OCH3 is 1. The number of Topliss-reactive ketones (excluding diaryl/α,β-unsaturated/α-hetero) is 1. The maximum absolute atomic E-state index is 14.2. The Hall–Kier alpha value is -3.94. The third-order valence-corrected chi connectivity index (χ3v) is 9.79. The minimum atomic E-state index is -3.03. The highest BCUT2D eigenvalue weighted by Gasteiger charge is 2.60. The number of phenols is 1. The fraction of sp³-hybridized carbons (Fsp3) is 0.455. The van der Waals surface area contributed by atoms with Crippen LogP contribution < -0.4 is 10.5 Å². The number of carbonyl (C=O) groups excluding carboxylic acids is 2. The summed E-state index contributed by atoms with van der Waals surface area (Å²) in [6.07, 6.45) is 0.405. The van der Waals surface area contributed by atoms with Crippen molar-refractivity contribution in [2.45, 2.75) is 31.2 Å². The summed E-state index contributed by atoms with van der Waals surface area (Å²) in [4.78, 5) is 30.4. The molecule has 0 spiro atoms. The van der Waals surface area contributed by atoms with E-state index in [0.29, 0.717) is 36.6 Å². The average molecular weight is 622 g/mol. The van der Waals surface area contributed by atoms with Crippen LogP contribution in [0.4, 0.5) is 0 Å². The number of aliphatic hydroxyl groups is 4. The molecule has 0 bridgehead atoms. The Labute approximate surface area is 260 Å². The van der Waals surface area contributed by atoms with Crippen LogP contribution in [0.25, 0.3) is 11.1 Å². The zero-order chi connectivity index (χ0) is 32.4. The van der Waals surface area contributed by atoms with Crippen LogP contribution in [0.2, 0.25) is 0 Å². The molecule has 12 heteroatoms. The number of nitrogens with zero attached hydrogens (tertiary/aromatic N) is 2. The first-order valence-electron chi connectivity index (χ1n) is 15.0. The molecule has 2 aromatic carbocycles. The van der Waals surface area contributed by atoms with Gasteiger partial charge in [-0.15, -0.1) is 0 Å². The van der Waals surface area contributed by atoms with Crippen LogP contribution in [0.15, 0.2) is 53.0 Å². The number of primary amides is 1. The molecule has 1 aliphatic heterocycles. The van der Waals surface area contributed by atoms with E-state index in [9.17, 15) is 35.1 Å². The van der Waals surface area contributed by atoms with Crippen LogP contribution >= 0.6 is 0 Å². The number of morpholine rings is 1. The highest BCUT2D eigenvalue weighted by Crippen LogP contribution is 2.55. The summed E-state index contributed by atoms with van der Waals surface area (Å²) in [5.41, 5.74) is 7.65. The number of fused-ring (bicyclic) bond motifs is 3. The number of ketones is 1. The van der Waals surface area contributed by atoms with Gasteiger partial charge >= 0.3 is 0 Å². The number of aromatic hydroxyl groups is 1. The van der Waals surface area contributed by atoms with E-state index in [2.05, 4.69) is 4.90 Å². The summed E-state index contributed by atoms with van der Waals surface area (Å²) in [5.74, 6) is -8.70. The monoisotopic (exact) mass is 621 g/mol. The molecule has 240 valence electrons. The van der Waals surface area contributed by atoms with Gasteiger partial charge in [-0.25, -0.2) is 0 Å². The number of hydrogen-bond donors (Lipinski definition) is 6. The fourth-order valence-corrected chi connectivity index (χ4v) is 7.89. The number of benzene rings is 2. The van der Waals surface area contributed by atoms with E-state index < -0.39 is 58.4 Å². The second-order valence-corrected chi connectivity index (χ2v) is 12.6. The van der Waals surface area contributed by atoms with Crippen molar-refractivity contribution in [1.29, 1.82) is 0 Å². The third kappa shape index (κ3) is 4.97. The zero-order valence-corrected chi connectivity index (χ0v) is 25.5. The van der Waals surface area contributed by atoms with Gasteiger partial charge in [-0.3, -0.25) is 19.4 Å². The first kappa shape index (κ1) is 31.1. The van der Waals surface area contributed by atoms with E-state index in [1.165, 1.54) is 6.07 Å². The van der Waals surface area contributed by atoms with Gasteiger partial charge in [-0.05, 0) is 73.7 Å². The lowest BCUT2D eigenvalue weighted by Crippen LogP contribution is -2.60. The van der Waals surface area contributed by atoms with Gasteiger partial charge in [0.05, 0.1) is 37.8 Å². The number of allylic oxidation sites excluding steroid dienone is 1. The van der Waals surface area contributed by atoms with Crippen molar-refractivity contribution in [3.63, 3.8) is 0 Å². The summed E-state index contributed by atoms with van der Waals surface area (Å²) < 4.78 is 11.2. The van der Waals surface area contributed by atoms with E-state index in [1.54, 1.807) is 32.2 Å². The van der Waals surface area contributed by atoms with Crippen molar-refractivity contribution < 1.29 is 44.6 Å². The number of hydrogen-bond acceptors (Lipinski definition) is 11. The highest BCUT2D eigenvalue weighted by atomic mass is 16.5. The molecule has 0 radical (unpaired) electrons. The van der Waals surface area contributed by atoms with Crippen molar-refractivity contribution in [2.24, 2.45) is 23.5 Å². The van der Waals surface area contributed by atoms with E-state index >= 15 is 0 Å². The van der Waals surface area contributed by atoms with Crippen LogP contribution in [-0.2, 0) is 22.5 Å². The first-order valence-corrected chi connectivity index (χ1v) is 15.0. The minimum Gasteiger partial charge on any atom is -0.511 e. The van der Waals surface area contributed by atoms with Gasteiger partial charge in [-0.2, -0.15) is 0 Å². The molecular weight excluding hydrogens is 582 g/mol. The fourth-order valence-electron chi connectivity index (χ4n) is 7.89. The van der Waals surface area contributed by atoms with Gasteiger partial charge in [0.2, 0.25) is 5.79 Å². The number of phenolic OH excluding ortho intramolecular Hbond substituents is 1. The number of amides is 1. The second kappa shape index (κ2) is 11.5. The number of nitrogens with two attached hydrogens (primary N) is 1.